The van der Waals surface area contributed by atoms with Gasteiger partial charge in [0.2, 0.25) is 0 Å². The van der Waals surface area contributed by atoms with Crippen molar-refractivity contribution < 1.29 is 9.50 Å². The molecule has 144 valence electrons. The van der Waals surface area contributed by atoms with Crippen molar-refractivity contribution in [1.29, 1.82) is 0 Å². The molecule has 1 aliphatic rings. The third-order valence-corrected chi connectivity index (χ3v) is 6.38. The summed E-state index contributed by atoms with van der Waals surface area (Å²) in [5, 5.41) is 14.4. The predicted molar refractivity (Wildman–Crippen MR) is 109 cm³/mol. The normalized spacial score (nSPS) is 20.1. The maximum atomic E-state index is 14.2. The van der Waals surface area contributed by atoms with Crippen molar-refractivity contribution in [3.8, 4) is 0 Å². The van der Waals surface area contributed by atoms with Gasteiger partial charge in [-0.15, -0.1) is 0 Å². The Kier molecular flexibility index (Phi) is 4.49. The lowest BCUT2D eigenvalue weighted by Crippen LogP contribution is -2.36. The Morgan fingerprint density at radius 2 is 2.11 bits per heavy atom. The number of benzene rings is 1. The first kappa shape index (κ1) is 17.6. The monoisotopic (exact) mass is 396 g/mol. The molecule has 0 bridgehead atoms. The van der Waals surface area contributed by atoms with Crippen molar-refractivity contribution in [2.45, 2.75) is 44.2 Å². The Morgan fingerprint density at radius 3 is 3.00 bits per heavy atom. The zero-order valence-electron chi connectivity index (χ0n) is 15.3. The number of halogens is 1. The van der Waals surface area contributed by atoms with Crippen LogP contribution in [0.5, 0.6) is 0 Å². The number of aliphatic hydroxyl groups is 1. The molecule has 2 N–H and O–H groups in total. The van der Waals surface area contributed by atoms with Gasteiger partial charge < -0.3 is 10.4 Å². The van der Waals surface area contributed by atoms with Crippen molar-refractivity contribution in [3.63, 3.8) is 0 Å². The van der Waals surface area contributed by atoms with Gasteiger partial charge in [-0.3, -0.25) is 4.40 Å². The second kappa shape index (κ2) is 7.14. The molecule has 1 aliphatic carbocycles. The van der Waals surface area contributed by atoms with Crippen LogP contribution in [0.3, 0.4) is 0 Å². The summed E-state index contributed by atoms with van der Waals surface area (Å²) in [6, 6.07) is 11.1. The number of nitrogens with zero attached hydrogens (tertiary/aromatic N) is 3. The van der Waals surface area contributed by atoms with E-state index in [2.05, 4.69) is 21.4 Å². The van der Waals surface area contributed by atoms with E-state index >= 15 is 0 Å². The number of hydrogen-bond acceptors (Lipinski definition) is 5. The number of imidazole rings is 1. The molecule has 1 fully saturated rings. The number of thiazole rings is 1. The van der Waals surface area contributed by atoms with Gasteiger partial charge in [0.25, 0.3) is 0 Å². The van der Waals surface area contributed by atoms with E-state index in [9.17, 15) is 9.50 Å². The first-order chi connectivity index (χ1) is 13.7. The summed E-state index contributed by atoms with van der Waals surface area (Å²) in [5.41, 5.74) is 3.46. The van der Waals surface area contributed by atoms with Crippen LogP contribution in [-0.2, 0) is 6.42 Å². The van der Waals surface area contributed by atoms with Gasteiger partial charge in [0, 0.05) is 18.3 Å². The van der Waals surface area contributed by atoms with Crippen LogP contribution in [0, 0.1) is 5.95 Å². The minimum atomic E-state index is -0.304. The quantitative estimate of drug-likeness (QED) is 0.502. The van der Waals surface area contributed by atoms with Crippen LogP contribution in [0.2, 0.25) is 0 Å². The van der Waals surface area contributed by atoms with Gasteiger partial charge in [0.15, 0.2) is 11.1 Å². The van der Waals surface area contributed by atoms with Crippen LogP contribution in [0.4, 0.5) is 9.52 Å². The molecule has 28 heavy (non-hydrogen) atoms. The van der Waals surface area contributed by atoms with E-state index in [-0.39, 0.29) is 18.1 Å². The zero-order chi connectivity index (χ0) is 19.1. The molecule has 2 atom stereocenters. The maximum Gasteiger partial charge on any atom is 0.199 e. The Morgan fingerprint density at radius 1 is 1.21 bits per heavy atom. The second-order valence-electron chi connectivity index (χ2n) is 7.39. The van der Waals surface area contributed by atoms with E-state index in [4.69, 9.17) is 0 Å². The summed E-state index contributed by atoms with van der Waals surface area (Å²) in [6.07, 6.45) is 6.07. The van der Waals surface area contributed by atoms with Crippen molar-refractivity contribution in [1.82, 2.24) is 14.4 Å². The van der Waals surface area contributed by atoms with Crippen molar-refractivity contribution in [3.05, 3.63) is 59.8 Å². The molecule has 7 heteroatoms. The molecule has 1 aromatic carbocycles. The van der Waals surface area contributed by atoms with Crippen LogP contribution < -0.4 is 5.32 Å². The van der Waals surface area contributed by atoms with Crippen LogP contribution >= 0.6 is 11.3 Å². The SMILES string of the molecule is O[C@@H]1CCCCC1Nc1nc2ccc(Cc3cnc4cccc(F)n34)cc2s1. The molecule has 3 aromatic heterocycles. The summed E-state index contributed by atoms with van der Waals surface area (Å²) >= 11 is 1.60. The molecule has 1 saturated carbocycles. The van der Waals surface area contributed by atoms with Gasteiger partial charge >= 0.3 is 0 Å². The van der Waals surface area contributed by atoms with Crippen molar-refractivity contribution in [2.24, 2.45) is 0 Å². The number of nitrogens with one attached hydrogen (secondary N) is 1. The van der Waals surface area contributed by atoms with Crippen molar-refractivity contribution in [2.75, 3.05) is 5.32 Å². The van der Waals surface area contributed by atoms with E-state index < -0.39 is 0 Å². The number of rotatable bonds is 4. The fraction of sp³-hybridized carbons (Fsp3) is 0.333. The van der Waals surface area contributed by atoms with E-state index in [1.54, 1.807) is 34.1 Å². The highest BCUT2D eigenvalue weighted by Gasteiger charge is 2.23. The number of aromatic nitrogens is 3. The maximum absolute atomic E-state index is 14.2. The number of aliphatic hydroxyl groups excluding tert-OH is 1. The first-order valence-corrected chi connectivity index (χ1v) is 10.4. The van der Waals surface area contributed by atoms with Crippen LogP contribution in [-0.4, -0.2) is 31.6 Å². The molecule has 5 nitrogen and oxygen atoms in total. The molecular formula is C21H21FN4OS. The minimum Gasteiger partial charge on any atom is -0.391 e. The van der Waals surface area contributed by atoms with E-state index in [0.717, 1.165) is 52.3 Å². The Hall–Kier alpha value is -2.51. The molecular weight excluding hydrogens is 375 g/mol. The molecule has 0 amide bonds. The topological polar surface area (TPSA) is 62.5 Å². The highest BCUT2D eigenvalue weighted by Crippen LogP contribution is 2.30. The molecule has 3 heterocycles. The standard InChI is InChI=1S/C21H21FN4OS/c22-19-6-3-7-20-23-12-14(26(19)20)10-13-8-9-16-18(11-13)28-21(25-16)24-15-4-1-2-5-17(15)27/h3,6-9,11-12,15,17,27H,1-2,4-5,10H2,(H,24,25)/t15?,17-/m1/s1. The van der Waals surface area contributed by atoms with Gasteiger partial charge in [-0.25, -0.2) is 9.97 Å². The number of fused-ring (bicyclic) bond motifs is 2. The van der Waals surface area contributed by atoms with E-state index in [1.165, 1.54) is 6.07 Å². The fourth-order valence-electron chi connectivity index (χ4n) is 3.97. The smallest absolute Gasteiger partial charge is 0.199 e. The molecule has 0 aliphatic heterocycles. The Labute approximate surface area is 165 Å². The van der Waals surface area contributed by atoms with Crippen LogP contribution in [0.15, 0.2) is 42.6 Å². The molecule has 0 saturated heterocycles. The number of hydrogen-bond donors (Lipinski definition) is 2. The zero-order valence-corrected chi connectivity index (χ0v) is 16.1. The number of anilines is 1. The van der Waals surface area contributed by atoms with Gasteiger partial charge in [-0.1, -0.05) is 36.3 Å². The molecule has 5 rings (SSSR count). The van der Waals surface area contributed by atoms with Gasteiger partial charge in [-0.05, 0) is 42.7 Å². The first-order valence-electron chi connectivity index (χ1n) is 9.62. The van der Waals surface area contributed by atoms with Gasteiger partial charge in [0.1, 0.15) is 5.65 Å². The molecule has 0 radical (unpaired) electrons. The Balaban J connectivity index is 1.40. The van der Waals surface area contributed by atoms with Crippen LogP contribution in [0.25, 0.3) is 15.9 Å². The minimum absolute atomic E-state index is 0.0786. The third-order valence-electron chi connectivity index (χ3n) is 5.43. The summed E-state index contributed by atoms with van der Waals surface area (Å²) in [6.45, 7) is 0. The largest absolute Gasteiger partial charge is 0.391 e. The Bertz CT molecular complexity index is 1140. The lowest BCUT2D eigenvalue weighted by atomic mass is 9.93. The average molecular weight is 396 g/mol. The lowest BCUT2D eigenvalue weighted by Gasteiger charge is -2.27. The highest BCUT2D eigenvalue weighted by atomic mass is 32.1. The second-order valence-corrected chi connectivity index (χ2v) is 8.42. The predicted octanol–water partition coefficient (Wildman–Crippen LogP) is 4.39. The van der Waals surface area contributed by atoms with E-state index in [1.807, 2.05) is 12.1 Å². The van der Waals surface area contributed by atoms with Gasteiger partial charge in [-0.2, -0.15) is 4.39 Å². The number of pyridine rings is 1. The molecule has 0 spiro atoms. The summed E-state index contributed by atoms with van der Waals surface area (Å²) in [4.78, 5) is 8.96. The molecule has 1 unspecified atom stereocenters. The van der Waals surface area contributed by atoms with Gasteiger partial charge in [0.05, 0.1) is 22.4 Å². The summed E-state index contributed by atoms with van der Waals surface area (Å²) in [5.74, 6) is -0.304. The summed E-state index contributed by atoms with van der Waals surface area (Å²) < 4.78 is 16.8. The van der Waals surface area contributed by atoms with Crippen molar-refractivity contribution >= 4 is 32.3 Å². The summed E-state index contributed by atoms with van der Waals surface area (Å²) in [7, 11) is 0. The highest BCUT2D eigenvalue weighted by molar-refractivity contribution is 7.22. The van der Waals surface area contributed by atoms with E-state index in [0.29, 0.717) is 12.1 Å². The fourth-order valence-corrected chi connectivity index (χ4v) is 4.96. The third kappa shape index (κ3) is 3.25. The average Bonchev–Trinajstić information content (AvgIpc) is 3.28. The molecule has 4 aromatic rings. The van der Waals surface area contributed by atoms with Crippen LogP contribution in [0.1, 0.15) is 36.9 Å². The lowest BCUT2D eigenvalue weighted by molar-refractivity contribution is 0.116.